The molecular weight excluding hydrogens is 219 g/mol. The summed E-state index contributed by atoms with van der Waals surface area (Å²) >= 11 is 12.1. The van der Waals surface area contributed by atoms with E-state index in [1.54, 1.807) is 18.5 Å². The minimum Gasteiger partial charge on any atom is -0.336 e. The lowest BCUT2D eigenvalue weighted by molar-refractivity contribution is 0.835. The number of imidazole rings is 1. The monoisotopic (exact) mass is 230 g/mol. The Balaban J connectivity index is 3.17. The standard InChI is InChI=1S/C10H12Cl2N2/c1-4-7(11)9-10(8(12)5-2)14(3)6-13-9/h4-8H,1-2H2,3H3. The first-order valence-corrected chi connectivity index (χ1v) is 5.03. The summed E-state index contributed by atoms with van der Waals surface area (Å²) in [5, 5.41) is -0.592. The number of allylic oxidation sites excluding steroid dienone is 2. The largest absolute Gasteiger partial charge is 0.336 e. The van der Waals surface area contributed by atoms with Crippen LogP contribution in [0.1, 0.15) is 22.1 Å². The van der Waals surface area contributed by atoms with Crippen molar-refractivity contribution in [2.75, 3.05) is 0 Å². The fourth-order valence-electron chi connectivity index (χ4n) is 1.23. The molecule has 0 amide bonds. The van der Waals surface area contributed by atoms with Crippen molar-refractivity contribution >= 4 is 23.2 Å². The van der Waals surface area contributed by atoms with Gasteiger partial charge in [0.05, 0.1) is 28.5 Å². The summed E-state index contributed by atoms with van der Waals surface area (Å²) in [4.78, 5) is 4.18. The molecule has 76 valence electrons. The Bertz CT molecular complexity index is 344. The highest BCUT2D eigenvalue weighted by atomic mass is 35.5. The molecule has 4 heteroatoms. The van der Waals surface area contributed by atoms with Crippen LogP contribution in [0, 0.1) is 0 Å². The lowest BCUT2D eigenvalue weighted by Crippen LogP contribution is -2.01. The van der Waals surface area contributed by atoms with Gasteiger partial charge in [-0.15, -0.1) is 36.4 Å². The van der Waals surface area contributed by atoms with Gasteiger partial charge in [-0.2, -0.15) is 0 Å². The first-order chi connectivity index (χ1) is 6.61. The van der Waals surface area contributed by atoms with E-state index < -0.39 is 0 Å². The van der Waals surface area contributed by atoms with E-state index in [0.29, 0.717) is 0 Å². The predicted octanol–water partition coefficient (Wildman–Crippen LogP) is 3.35. The van der Waals surface area contributed by atoms with Gasteiger partial charge >= 0.3 is 0 Å². The van der Waals surface area contributed by atoms with Crippen LogP contribution in [0.5, 0.6) is 0 Å². The second-order valence-electron chi connectivity index (χ2n) is 2.90. The van der Waals surface area contributed by atoms with Crippen molar-refractivity contribution in [1.29, 1.82) is 0 Å². The Morgan fingerprint density at radius 2 is 1.93 bits per heavy atom. The van der Waals surface area contributed by atoms with Gasteiger partial charge in [0, 0.05) is 7.05 Å². The molecule has 2 atom stereocenters. The molecular formula is C10H12Cl2N2. The molecule has 0 N–H and O–H groups in total. The summed E-state index contributed by atoms with van der Waals surface area (Å²) in [5.74, 6) is 0. The quantitative estimate of drug-likeness (QED) is 0.573. The van der Waals surface area contributed by atoms with Crippen molar-refractivity contribution < 1.29 is 0 Å². The maximum atomic E-state index is 6.07. The minimum atomic E-state index is -0.313. The summed E-state index contributed by atoms with van der Waals surface area (Å²) in [7, 11) is 1.87. The number of hydrogen-bond acceptors (Lipinski definition) is 1. The average Bonchev–Trinajstić information content (AvgIpc) is 2.58. The number of nitrogens with zero attached hydrogens (tertiary/aromatic N) is 2. The maximum absolute atomic E-state index is 6.07. The van der Waals surface area contributed by atoms with E-state index in [0.717, 1.165) is 11.4 Å². The maximum Gasteiger partial charge on any atom is 0.0954 e. The molecule has 1 aromatic rings. The fraction of sp³-hybridized carbons (Fsp3) is 0.300. The fourth-order valence-corrected chi connectivity index (χ4v) is 1.66. The minimum absolute atomic E-state index is 0.279. The molecule has 1 heterocycles. The van der Waals surface area contributed by atoms with Crippen molar-refractivity contribution in [3.8, 4) is 0 Å². The Kier molecular flexibility index (Phi) is 3.78. The molecule has 0 spiro atoms. The van der Waals surface area contributed by atoms with E-state index in [2.05, 4.69) is 18.1 Å². The smallest absolute Gasteiger partial charge is 0.0954 e. The molecule has 0 aliphatic heterocycles. The van der Waals surface area contributed by atoms with Gasteiger partial charge in [0.2, 0.25) is 0 Å². The first kappa shape index (κ1) is 11.3. The van der Waals surface area contributed by atoms with Gasteiger partial charge in [0.15, 0.2) is 0 Å². The van der Waals surface area contributed by atoms with Crippen LogP contribution in [0.2, 0.25) is 0 Å². The van der Waals surface area contributed by atoms with Crippen LogP contribution >= 0.6 is 23.2 Å². The van der Waals surface area contributed by atoms with Crippen molar-refractivity contribution in [2.24, 2.45) is 7.05 Å². The second-order valence-corrected chi connectivity index (χ2v) is 3.84. The van der Waals surface area contributed by atoms with Crippen LogP contribution < -0.4 is 0 Å². The molecule has 0 aromatic carbocycles. The van der Waals surface area contributed by atoms with E-state index >= 15 is 0 Å². The van der Waals surface area contributed by atoms with E-state index in [1.165, 1.54) is 0 Å². The summed E-state index contributed by atoms with van der Waals surface area (Å²) in [6.45, 7) is 7.26. The molecule has 0 aliphatic rings. The highest BCUT2D eigenvalue weighted by Crippen LogP contribution is 2.31. The molecule has 0 fully saturated rings. The van der Waals surface area contributed by atoms with Crippen LogP contribution in [-0.4, -0.2) is 9.55 Å². The van der Waals surface area contributed by atoms with Crippen LogP contribution in [0.3, 0.4) is 0 Å². The lowest BCUT2D eigenvalue weighted by Gasteiger charge is -2.09. The zero-order chi connectivity index (χ0) is 10.7. The Labute approximate surface area is 93.9 Å². The molecule has 0 radical (unpaired) electrons. The lowest BCUT2D eigenvalue weighted by atomic mass is 10.2. The number of alkyl halides is 2. The van der Waals surface area contributed by atoms with Gasteiger partial charge in [0.1, 0.15) is 0 Å². The molecule has 1 aromatic heterocycles. The molecule has 0 saturated carbocycles. The van der Waals surface area contributed by atoms with Gasteiger partial charge in [-0.05, 0) is 0 Å². The van der Waals surface area contributed by atoms with Crippen molar-refractivity contribution in [1.82, 2.24) is 9.55 Å². The molecule has 14 heavy (non-hydrogen) atoms. The van der Waals surface area contributed by atoms with E-state index in [1.807, 2.05) is 11.6 Å². The molecule has 2 nitrogen and oxygen atoms in total. The van der Waals surface area contributed by atoms with Gasteiger partial charge in [-0.25, -0.2) is 4.98 Å². The number of aromatic nitrogens is 2. The average molecular weight is 231 g/mol. The van der Waals surface area contributed by atoms with Crippen molar-refractivity contribution in [3.05, 3.63) is 43.0 Å². The van der Waals surface area contributed by atoms with E-state index in [-0.39, 0.29) is 10.8 Å². The number of hydrogen-bond donors (Lipinski definition) is 0. The highest BCUT2D eigenvalue weighted by molar-refractivity contribution is 6.23. The molecule has 1 rings (SSSR count). The summed E-state index contributed by atoms with van der Waals surface area (Å²) in [5.41, 5.74) is 1.60. The molecule has 0 bridgehead atoms. The highest BCUT2D eigenvalue weighted by Gasteiger charge is 2.19. The SMILES string of the molecule is C=CC(Cl)c1ncn(C)c1C(Cl)C=C. The summed E-state index contributed by atoms with van der Waals surface area (Å²) in [6, 6.07) is 0. The zero-order valence-electron chi connectivity index (χ0n) is 7.95. The van der Waals surface area contributed by atoms with E-state index in [4.69, 9.17) is 23.2 Å². The first-order valence-electron chi connectivity index (χ1n) is 4.16. The van der Waals surface area contributed by atoms with Crippen LogP contribution in [0.4, 0.5) is 0 Å². The van der Waals surface area contributed by atoms with E-state index in [9.17, 15) is 0 Å². The third-order valence-electron chi connectivity index (χ3n) is 1.95. The molecule has 0 aliphatic carbocycles. The molecule has 0 saturated heterocycles. The normalized spacial score (nSPS) is 14.8. The van der Waals surface area contributed by atoms with Crippen LogP contribution in [-0.2, 0) is 7.05 Å². The van der Waals surface area contributed by atoms with Gasteiger partial charge < -0.3 is 4.57 Å². The van der Waals surface area contributed by atoms with Gasteiger partial charge in [-0.1, -0.05) is 12.2 Å². The summed E-state index contributed by atoms with van der Waals surface area (Å²) in [6.07, 6.45) is 4.96. The topological polar surface area (TPSA) is 17.8 Å². The predicted molar refractivity (Wildman–Crippen MR) is 60.8 cm³/mol. The number of rotatable bonds is 4. The Hall–Kier alpha value is -0.730. The third-order valence-corrected chi connectivity index (χ3v) is 2.72. The zero-order valence-corrected chi connectivity index (χ0v) is 9.46. The Morgan fingerprint density at radius 3 is 2.43 bits per heavy atom. The molecule has 2 unspecified atom stereocenters. The van der Waals surface area contributed by atoms with Crippen molar-refractivity contribution in [3.63, 3.8) is 0 Å². The Morgan fingerprint density at radius 1 is 1.36 bits per heavy atom. The number of halogens is 2. The van der Waals surface area contributed by atoms with Crippen molar-refractivity contribution in [2.45, 2.75) is 10.8 Å². The number of aryl methyl sites for hydroxylation is 1. The van der Waals surface area contributed by atoms with Gasteiger partial charge in [0.25, 0.3) is 0 Å². The van der Waals surface area contributed by atoms with Gasteiger partial charge in [-0.3, -0.25) is 0 Å². The second kappa shape index (κ2) is 4.67. The third kappa shape index (κ3) is 2.02. The van der Waals surface area contributed by atoms with Crippen LogP contribution in [0.25, 0.3) is 0 Å². The van der Waals surface area contributed by atoms with Crippen LogP contribution in [0.15, 0.2) is 31.6 Å². The summed E-state index contributed by atoms with van der Waals surface area (Å²) < 4.78 is 1.84.